The minimum absolute atomic E-state index is 0.0877. The first kappa shape index (κ1) is 15.4. The third kappa shape index (κ3) is 4.17. The van der Waals surface area contributed by atoms with Crippen molar-refractivity contribution in [1.29, 1.82) is 0 Å². The first-order valence-electron chi connectivity index (χ1n) is 5.95. The summed E-state index contributed by atoms with van der Waals surface area (Å²) in [6.07, 6.45) is 0.772. The van der Waals surface area contributed by atoms with Crippen LogP contribution in [0, 0.1) is 11.6 Å². The van der Waals surface area contributed by atoms with Gasteiger partial charge in [0.2, 0.25) is 0 Å². The highest BCUT2D eigenvalue weighted by Gasteiger charge is 2.33. The van der Waals surface area contributed by atoms with Gasteiger partial charge in [-0.2, -0.15) is 0 Å². The number of hydrogen-bond donors (Lipinski definition) is 2. The standard InChI is InChI=1S/C13H17F2NO3/c1-3-6-16-13(2,12(17)18)8-19-9-4-5-10(14)11(15)7-9/h4-5,7,16H,3,6,8H2,1-2H3,(H,17,18). The van der Waals surface area contributed by atoms with E-state index in [1.54, 1.807) is 0 Å². The molecule has 4 nitrogen and oxygen atoms in total. The van der Waals surface area contributed by atoms with E-state index in [2.05, 4.69) is 5.32 Å². The quantitative estimate of drug-likeness (QED) is 0.799. The molecule has 1 rings (SSSR count). The van der Waals surface area contributed by atoms with E-state index < -0.39 is 23.1 Å². The van der Waals surface area contributed by atoms with Crippen LogP contribution < -0.4 is 10.1 Å². The molecule has 0 amide bonds. The number of benzene rings is 1. The number of rotatable bonds is 7. The zero-order valence-electron chi connectivity index (χ0n) is 10.9. The average molecular weight is 273 g/mol. The van der Waals surface area contributed by atoms with E-state index in [-0.39, 0.29) is 12.4 Å². The van der Waals surface area contributed by atoms with Crippen molar-refractivity contribution in [3.63, 3.8) is 0 Å². The van der Waals surface area contributed by atoms with E-state index in [4.69, 9.17) is 9.84 Å². The summed E-state index contributed by atoms with van der Waals surface area (Å²) in [7, 11) is 0. The highest BCUT2D eigenvalue weighted by molar-refractivity contribution is 5.78. The summed E-state index contributed by atoms with van der Waals surface area (Å²) >= 11 is 0. The molecule has 0 aliphatic carbocycles. The zero-order valence-corrected chi connectivity index (χ0v) is 10.9. The molecule has 2 N–H and O–H groups in total. The second-order valence-electron chi connectivity index (χ2n) is 4.43. The third-order valence-electron chi connectivity index (χ3n) is 2.66. The minimum Gasteiger partial charge on any atom is -0.491 e. The second kappa shape index (κ2) is 6.47. The lowest BCUT2D eigenvalue weighted by Gasteiger charge is -2.26. The Balaban J connectivity index is 2.70. The van der Waals surface area contributed by atoms with Gasteiger partial charge in [-0.1, -0.05) is 6.92 Å². The topological polar surface area (TPSA) is 58.6 Å². The number of hydrogen-bond acceptors (Lipinski definition) is 3. The van der Waals surface area contributed by atoms with E-state index in [9.17, 15) is 13.6 Å². The molecule has 0 aliphatic rings. The molecule has 1 aromatic rings. The van der Waals surface area contributed by atoms with E-state index in [1.807, 2.05) is 6.92 Å². The van der Waals surface area contributed by atoms with E-state index in [1.165, 1.54) is 13.0 Å². The van der Waals surface area contributed by atoms with Crippen molar-refractivity contribution in [2.75, 3.05) is 13.2 Å². The molecule has 0 heterocycles. The maximum atomic E-state index is 13.0. The highest BCUT2D eigenvalue weighted by Crippen LogP contribution is 2.17. The van der Waals surface area contributed by atoms with Gasteiger partial charge in [0, 0.05) is 6.07 Å². The number of halogens is 2. The lowest BCUT2D eigenvalue weighted by molar-refractivity contribution is -0.145. The molecule has 6 heteroatoms. The monoisotopic (exact) mass is 273 g/mol. The van der Waals surface area contributed by atoms with Crippen LogP contribution in [0.5, 0.6) is 5.75 Å². The fraction of sp³-hybridized carbons (Fsp3) is 0.462. The SMILES string of the molecule is CCCNC(C)(COc1ccc(F)c(F)c1)C(=O)O. The normalized spacial score (nSPS) is 13.9. The number of carboxylic acids is 1. The van der Waals surface area contributed by atoms with Crippen molar-refractivity contribution in [3.8, 4) is 5.75 Å². The molecule has 0 spiro atoms. The summed E-state index contributed by atoms with van der Waals surface area (Å²) < 4.78 is 30.9. The van der Waals surface area contributed by atoms with E-state index in [0.29, 0.717) is 6.54 Å². The summed E-state index contributed by atoms with van der Waals surface area (Å²) in [4.78, 5) is 11.2. The predicted molar refractivity (Wildman–Crippen MR) is 66.2 cm³/mol. The van der Waals surface area contributed by atoms with Gasteiger partial charge in [0.15, 0.2) is 11.6 Å². The van der Waals surface area contributed by atoms with Crippen molar-refractivity contribution in [1.82, 2.24) is 5.32 Å². The molecular weight excluding hydrogens is 256 g/mol. The van der Waals surface area contributed by atoms with Gasteiger partial charge < -0.3 is 9.84 Å². The molecule has 106 valence electrons. The smallest absolute Gasteiger partial charge is 0.327 e. The van der Waals surface area contributed by atoms with E-state index in [0.717, 1.165) is 18.6 Å². The largest absolute Gasteiger partial charge is 0.491 e. The Morgan fingerprint density at radius 1 is 1.42 bits per heavy atom. The van der Waals surface area contributed by atoms with Crippen LogP contribution in [0.4, 0.5) is 8.78 Å². The predicted octanol–water partition coefficient (Wildman–Crippen LogP) is 2.19. The van der Waals surface area contributed by atoms with Crippen LogP contribution in [0.15, 0.2) is 18.2 Å². The molecule has 0 bridgehead atoms. The number of carboxylic acid groups (broad SMARTS) is 1. The summed E-state index contributed by atoms with van der Waals surface area (Å²) in [6.45, 7) is 3.72. The molecule has 19 heavy (non-hydrogen) atoms. The Morgan fingerprint density at radius 2 is 2.11 bits per heavy atom. The van der Waals surface area contributed by atoms with Crippen LogP contribution in [0.25, 0.3) is 0 Å². The lowest BCUT2D eigenvalue weighted by Crippen LogP contribution is -2.54. The Kier molecular flexibility index (Phi) is 5.23. The number of carbonyl (C=O) groups is 1. The van der Waals surface area contributed by atoms with Gasteiger partial charge in [0.1, 0.15) is 17.9 Å². The van der Waals surface area contributed by atoms with Gasteiger partial charge in [0.25, 0.3) is 0 Å². The lowest BCUT2D eigenvalue weighted by atomic mass is 10.0. The molecule has 1 atom stereocenters. The molecule has 1 unspecified atom stereocenters. The maximum absolute atomic E-state index is 13.0. The van der Waals surface area contributed by atoms with Gasteiger partial charge in [-0.05, 0) is 32.0 Å². The first-order chi connectivity index (χ1) is 8.89. The second-order valence-corrected chi connectivity index (χ2v) is 4.43. The Morgan fingerprint density at radius 3 is 2.63 bits per heavy atom. The number of aliphatic carboxylic acids is 1. The molecule has 0 saturated carbocycles. The molecule has 0 fully saturated rings. The van der Waals surface area contributed by atoms with Crippen LogP contribution in [0.3, 0.4) is 0 Å². The van der Waals surface area contributed by atoms with Gasteiger partial charge in [-0.3, -0.25) is 10.1 Å². The van der Waals surface area contributed by atoms with Crippen LogP contribution in [-0.2, 0) is 4.79 Å². The Labute approximate surface area is 110 Å². The summed E-state index contributed by atoms with van der Waals surface area (Å²) in [6, 6.07) is 3.07. The van der Waals surface area contributed by atoms with E-state index >= 15 is 0 Å². The van der Waals surface area contributed by atoms with Crippen LogP contribution >= 0.6 is 0 Å². The van der Waals surface area contributed by atoms with Gasteiger partial charge in [-0.15, -0.1) is 0 Å². The van der Waals surface area contributed by atoms with Crippen molar-refractivity contribution in [2.24, 2.45) is 0 Å². The van der Waals surface area contributed by atoms with Crippen molar-refractivity contribution < 1.29 is 23.4 Å². The Hall–Kier alpha value is -1.69. The van der Waals surface area contributed by atoms with Crippen LogP contribution in [0.2, 0.25) is 0 Å². The minimum atomic E-state index is -1.28. The van der Waals surface area contributed by atoms with Gasteiger partial charge in [-0.25, -0.2) is 8.78 Å². The molecule has 0 radical (unpaired) electrons. The summed E-state index contributed by atoms with van der Waals surface area (Å²) in [5.74, 6) is -2.98. The van der Waals surface area contributed by atoms with Crippen LogP contribution in [-0.4, -0.2) is 29.8 Å². The van der Waals surface area contributed by atoms with Crippen molar-refractivity contribution in [3.05, 3.63) is 29.8 Å². The molecule has 0 saturated heterocycles. The maximum Gasteiger partial charge on any atom is 0.327 e. The third-order valence-corrected chi connectivity index (χ3v) is 2.66. The highest BCUT2D eigenvalue weighted by atomic mass is 19.2. The fourth-order valence-corrected chi connectivity index (χ4v) is 1.38. The van der Waals surface area contributed by atoms with Crippen molar-refractivity contribution >= 4 is 5.97 Å². The average Bonchev–Trinajstić information content (AvgIpc) is 2.37. The molecule has 0 aliphatic heterocycles. The van der Waals surface area contributed by atoms with Crippen molar-refractivity contribution in [2.45, 2.75) is 25.8 Å². The summed E-state index contributed by atoms with van der Waals surface area (Å²) in [5.41, 5.74) is -1.28. The Bertz CT molecular complexity index is 454. The fourth-order valence-electron chi connectivity index (χ4n) is 1.38. The number of ether oxygens (including phenoxy) is 1. The molecule has 0 aromatic heterocycles. The molecule has 1 aromatic carbocycles. The van der Waals surface area contributed by atoms with Crippen LogP contribution in [0.1, 0.15) is 20.3 Å². The summed E-state index contributed by atoms with van der Waals surface area (Å²) in [5, 5.41) is 12.0. The molecular formula is C13H17F2NO3. The van der Waals surface area contributed by atoms with Gasteiger partial charge >= 0.3 is 5.97 Å². The number of nitrogens with one attached hydrogen (secondary N) is 1. The first-order valence-corrected chi connectivity index (χ1v) is 5.95. The zero-order chi connectivity index (χ0) is 14.5. The van der Waals surface area contributed by atoms with Gasteiger partial charge in [0.05, 0.1) is 0 Å².